The monoisotopic (exact) mass is 549 g/mol. The third-order valence-corrected chi connectivity index (χ3v) is 6.74. The number of hydrogen-bond acceptors (Lipinski definition) is 7. The molecule has 1 fully saturated rings. The van der Waals surface area contributed by atoms with E-state index in [1.54, 1.807) is 37.3 Å². The summed E-state index contributed by atoms with van der Waals surface area (Å²) in [6, 6.07) is 16.0. The number of hydrogen-bond donors (Lipinski definition) is 1. The number of carbonyl (C=O) groups excluding carboxylic acids is 3. The number of methoxy groups -OCH3 is 2. The standard InChI is InChI=1S/C30H28ClNO7/c1-5-39-30(36)19-11-9-18(10-12-19)16-32-26(20-8-6-7-17(2)13-20)25(28(34)29(32)35)27(33)21-14-22(31)24(38-4)15-23(21)37-3/h6-15,26,33H,5,16H2,1-4H3/b27-25+. The smallest absolute Gasteiger partial charge is 0.338 e. The molecular formula is C30H28ClNO7. The highest BCUT2D eigenvalue weighted by atomic mass is 35.5. The van der Waals surface area contributed by atoms with Crippen LogP contribution in [0, 0.1) is 6.92 Å². The van der Waals surface area contributed by atoms with E-state index in [0.717, 1.165) is 5.56 Å². The van der Waals surface area contributed by atoms with Gasteiger partial charge in [0.05, 0.1) is 48.6 Å². The third-order valence-electron chi connectivity index (χ3n) is 6.44. The summed E-state index contributed by atoms with van der Waals surface area (Å²) in [6.45, 7) is 3.94. The van der Waals surface area contributed by atoms with Crippen LogP contribution in [-0.2, 0) is 20.9 Å². The molecule has 0 aromatic heterocycles. The first-order valence-corrected chi connectivity index (χ1v) is 12.6. The summed E-state index contributed by atoms with van der Waals surface area (Å²) in [5, 5.41) is 11.7. The van der Waals surface area contributed by atoms with Crippen molar-refractivity contribution < 1.29 is 33.7 Å². The van der Waals surface area contributed by atoms with Gasteiger partial charge in [0.25, 0.3) is 11.7 Å². The third kappa shape index (κ3) is 5.47. The summed E-state index contributed by atoms with van der Waals surface area (Å²) in [5.41, 5.74) is 2.69. The second-order valence-corrected chi connectivity index (χ2v) is 9.35. The zero-order valence-electron chi connectivity index (χ0n) is 22.0. The first-order chi connectivity index (χ1) is 18.7. The van der Waals surface area contributed by atoms with E-state index in [9.17, 15) is 19.5 Å². The first kappa shape index (κ1) is 27.7. The van der Waals surface area contributed by atoms with E-state index in [4.69, 9.17) is 25.8 Å². The number of carbonyl (C=O) groups is 3. The quantitative estimate of drug-likeness (QED) is 0.172. The van der Waals surface area contributed by atoms with Crippen molar-refractivity contribution in [1.29, 1.82) is 0 Å². The molecule has 1 aliphatic heterocycles. The van der Waals surface area contributed by atoms with Crippen LogP contribution in [0.2, 0.25) is 5.02 Å². The van der Waals surface area contributed by atoms with Crippen LogP contribution in [0.15, 0.2) is 66.2 Å². The largest absolute Gasteiger partial charge is 0.507 e. The molecule has 202 valence electrons. The number of benzene rings is 3. The molecule has 1 aliphatic rings. The van der Waals surface area contributed by atoms with Gasteiger partial charge in [-0.3, -0.25) is 9.59 Å². The second kappa shape index (κ2) is 11.6. The lowest BCUT2D eigenvalue weighted by atomic mass is 9.94. The number of aryl methyl sites for hydroxylation is 1. The van der Waals surface area contributed by atoms with Gasteiger partial charge in [-0.1, -0.05) is 53.6 Å². The molecular weight excluding hydrogens is 522 g/mol. The summed E-state index contributed by atoms with van der Waals surface area (Å²) in [6.07, 6.45) is 0. The number of nitrogens with zero attached hydrogens (tertiary/aromatic N) is 1. The highest BCUT2D eigenvalue weighted by Crippen LogP contribution is 2.43. The Morgan fingerprint density at radius 2 is 1.69 bits per heavy atom. The molecule has 8 nitrogen and oxygen atoms in total. The lowest BCUT2D eigenvalue weighted by Crippen LogP contribution is -2.29. The van der Waals surface area contributed by atoms with Gasteiger partial charge in [0.1, 0.15) is 17.3 Å². The molecule has 1 amide bonds. The van der Waals surface area contributed by atoms with E-state index >= 15 is 0 Å². The zero-order valence-corrected chi connectivity index (χ0v) is 22.7. The molecule has 0 spiro atoms. The summed E-state index contributed by atoms with van der Waals surface area (Å²) in [5.74, 6) is -1.92. The molecule has 4 rings (SSSR count). The van der Waals surface area contributed by atoms with Crippen LogP contribution >= 0.6 is 11.6 Å². The molecule has 39 heavy (non-hydrogen) atoms. The van der Waals surface area contributed by atoms with Gasteiger partial charge in [-0.05, 0) is 43.2 Å². The van der Waals surface area contributed by atoms with Crippen molar-refractivity contribution in [3.05, 3.63) is 99.1 Å². The molecule has 0 bridgehead atoms. The number of aliphatic hydroxyl groups is 1. The van der Waals surface area contributed by atoms with Gasteiger partial charge in [-0.2, -0.15) is 0 Å². The van der Waals surface area contributed by atoms with Gasteiger partial charge in [0, 0.05) is 12.6 Å². The fourth-order valence-electron chi connectivity index (χ4n) is 4.58. The van der Waals surface area contributed by atoms with Crippen molar-refractivity contribution >= 4 is 35.0 Å². The van der Waals surface area contributed by atoms with Crippen LogP contribution in [0.5, 0.6) is 11.5 Å². The lowest BCUT2D eigenvalue weighted by Gasteiger charge is -2.26. The van der Waals surface area contributed by atoms with Gasteiger partial charge in [0.15, 0.2) is 0 Å². The molecule has 3 aromatic rings. The number of esters is 1. The lowest BCUT2D eigenvalue weighted by molar-refractivity contribution is -0.140. The van der Waals surface area contributed by atoms with Crippen molar-refractivity contribution in [1.82, 2.24) is 4.90 Å². The fraction of sp³-hybridized carbons (Fsp3) is 0.233. The molecule has 0 aliphatic carbocycles. The number of halogens is 1. The number of rotatable bonds is 8. The van der Waals surface area contributed by atoms with Gasteiger partial charge < -0.3 is 24.2 Å². The van der Waals surface area contributed by atoms with E-state index in [1.165, 1.54) is 31.3 Å². The fourth-order valence-corrected chi connectivity index (χ4v) is 4.82. The Kier molecular flexibility index (Phi) is 8.26. The van der Waals surface area contributed by atoms with Crippen molar-refractivity contribution in [3.63, 3.8) is 0 Å². The van der Waals surface area contributed by atoms with Gasteiger partial charge >= 0.3 is 5.97 Å². The Balaban J connectivity index is 1.83. The molecule has 1 atom stereocenters. The highest BCUT2D eigenvalue weighted by Gasteiger charge is 2.46. The van der Waals surface area contributed by atoms with Crippen molar-refractivity contribution in [2.45, 2.75) is 26.4 Å². The number of aliphatic hydroxyl groups excluding tert-OH is 1. The van der Waals surface area contributed by atoms with Gasteiger partial charge in [0.2, 0.25) is 0 Å². The summed E-state index contributed by atoms with van der Waals surface area (Å²) in [4.78, 5) is 40.3. The number of ether oxygens (including phenoxy) is 3. The van der Waals surface area contributed by atoms with Crippen LogP contribution < -0.4 is 9.47 Å². The Morgan fingerprint density at radius 1 is 1.00 bits per heavy atom. The maximum absolute atomic E-state index is 13.4. The zero-order chi connectivity index (χ0) is 28.3. The summed E-state index contributed by atoms with van der Waals surface area (Å²) < 4.78 is 15.7. The van der Waals surface area contributed by atoms with E-state index in [0.29, 0.717) is 22.4 Å². The van der Waals surface area contributed by atoms with Gasteiger partial charge in [-0.25, -0.2) is 4.79 Å². The second-order valence-electron chi connectivity index (χ2n) is 8.95. The van der Waals surface area contributed by atoms with E-state index in [-0.39, 0.29) is 35.1 Å². The minimum atomic E-state index is -0.889. The molecule has 1 saturated heterocycles. The Labute approximate surface area is 231 Å². The Morgan fingerprint density at radius 3 is 2.31 bits per heavy atom. The van der Waals surface area contributed by atoms with Crippen molar-refractivity contribution in [3.8, 4) is 11.5 Å². The molecule has 0 saturated carbocycles. The molecule has 9 heteroatoms. The predicted molar refractivity (Wildman–Crippen MR) is 146 cm³/mol. The van der Waals surface area contributed by atoms with E-state index in [1.807, 2.05) is 25.1 Å². The average Bonchev–Trinajstić information content (AvgIpc) is 3.18. The van der Waals surface area contributed by atoms with Crippen LogP contribution in [0.25, 0.3) is 5.76 Å². The molecule has 0 radical (unpaired) electrons. The minimum absolute atomic E-state index is 0.0591. The molecule has 1 N–H and O–H groups in total. The van der Waals surface area contributed by atoms with Crippen LogP contribution in [0.1, 0.15) is 45.6 Å². The Hall–Kier alpha value is -4.30. The highest BCUT2D eigenvalue weighted by molar-refractivity contribution is 6.46. The average molecular weight is 550 g/mol. The normalized spacial score (nSPS) is 16.3. The van der Waals surface area contributed by atoms with Crippen molar-refractivity contribution in [2.75, 3.05) is 20.8 Å². The van der Waals surface area contributed by atoms with E-state index in [2.05, 4.69) is 0 Å². The van der Waals surface area contributed by atoms with Crippen LogP contribution in [0.3, 0.4) is 0 Å². The number of Topliss-reactive ketones (excluding diaryl/α,β-unsaturated/α-hetero) is 1. The summed E-state index contributed by atoms with van der Waals surface area (Å²) >= 11 is 6.33. The number of ketones is 1. The van der Waals surface area contributed by atoms with Crippen LogP contribution in [-0.4, -0.2) is 48.5 Å². The maximum Gasteiger partial charge on any atom is 0.338 e. The molecule has 1 unspecified atom stereocenters. The van der Waals surface area contributed by atoms with Crippen LogP contribution in [0.4, 0.5) is 0 Å². The molecule has 3 aromatic carbocycles. The maximum atomic E-state index is 13.4. The summed E-state index contributed by atoms with van der Waals surface area (Å²) in [7, 11) is 2.86. The first-order valence-electron chi connectivity index (χ1n) is 12.2. The Bertz CT molecular complexity index is 1460. The SMILES string of the molecule is CCOC(=O)c1ccc(CN2C(=O)C(=O)/C(=C(/O)c3cc(Cl)c(OC)cc3OC)C2c2cccc(C)c2)cc1. The number of likely N-dealkylation sites (tertiary alicyclic amines) is 1. The minimum Gasteiger partial charge on any atom is -0.507 e. The number of amides is 1. The van der Waals surface area contributed by atoms with E-state index < -0.39 is 29.5 Å². The van der Waals surface area contributed by atoms with Gasteiger partial charge in [-0.15, -0.1) is 0 Å². The topological polar surface area (TPSA) is 102 Å². The molecule has 1 heterocycles. The predicted octanol–water partition coefficient (Wildman–Crippen LogP) is 5.46. The van der Waals surface area contributed by atoms with Crippen molar-refractivity contribution in [2.24, 2.45) is 0 Å².